The van der Waals surface area contributed by atoms with Gasteiger partial charge in [-0.05, 0) is 72.3 Å². The summed E-state index contributed by atoms with van der Waals surface area (Å²) in [4.78, 5) is 40.1. The standard InChI is InChI=1S/C31H46N6O7/c1-8-40-15-16-42-24-12-11-23(17-25(24)43-20-26(38)41-9-2)35-29-27-22(18-32-28(27)33-21-34-29)19-36(6)13-10-14-37(7)30(39)44-31(3,4)5/h11-12,17-18,21H,8-10,13-16,19-20H2,1-7H3,(H2,32,33,34,35). The summed E-state index contributed by atoms with van der Waals surface area (Å²) in [5, 5.41) is 4.23. The van der Waals surface area contributed by atoms with Crippen molar-refractivity contribution in [2.24, 2.45) is 0 Å². The number of hydrogen-bond acceptors (Lipinski definition) is 11. The molecule has 2 N–H and O–H groups in total. The van der Waals surface area contributed by atoms with E-state index in [-0.39, 0.29) is 19.3 Å². The van der Waals surface area contributed by atoms with Crippen LogP contribution in [0.15, 0.2) is 30.7 Å². The molecule has 0 atom stereocenters. The Balaban J connectivity index is 1.70. The maximum Gasteiger partial charge on any atom is 0.410 e. The van der Waals surface area contributed by atoms with Crippen LogP contribution in [-0.2, 0) is 25.5 Å². The van der Waals surface area contributed by atoms with Gasteiger partial charge in [0.15, 0.2) is 18.1 Å². The number of rotatable bonds is 17. The van der Waals surface area contributed by atoms with Crippen molar-refractivity contribution in [1.82, 2.24) is 24.8 Å². The summed E-state index contributed by atoms with van der Waals surface area (Å²) < 4.78 is 27.4. The van der Waals surface area contributed by atoms with E-state index < -0.39 is 11.6 Å². The Bertz CT molecular complexity index is 1360. The quantitative estimate of drug-likeness (QED) is 0.161. The minimum Gasteiger partial charge on any atom is -0.487 e. The maximum absolute atomic E-state index is 12.3. The molecule has 2 heterocycles. The number of esters is 1. The van der Waals surface area contributed by atoms with E-state index >= 15 is 0 Å². The predicted octanol–water partition coefficient (Wildman–Crippen LogP) is 4.75. The Kier molecular flexibility index (Phi) is 13.0. The highest BCUT2D eigenvalue weighted by Gasteiger charge is 2.20. The molecule has 0 radical (unpaired) electrons. The number of benzene rings is 1. The van der Waals surface area contributed by atoms with Crippen molar-refractivity contribution in [3.63, 3.8) is 0 Å². The number of aromatic amines is 1. The molecule has 0 unspecified atom stereocenters. The first-order valence-corrected chi connectivity index (χ1v) is 14.8. The number of carbonyl (C=O) groups excluding carboxylic acids is 2. The van der Waals surface area contributed by atoms with Crippen molar-refractivity contribution in [3.8, 4) is 11.5 Å². The second-order valence-electron chi connectivity index (χ2n) is 11.2. The van der Waals surface area contributed by atoms with Gasteiger partial charge in [0.05, 0.1) is 18.6 Å². The first kappa shape index (κ1) is 34.4. The van der Waals surface area contributed by atoms with Gasteiger partial charge in [-0.2, -0.15) is 0 Å². The molecule has 242 valence electrons. The fraction of sp³-hybridized carbons (Fsp3) is 0.548. The van der Waals surface area contributed by atoms with Gasteiger partial charge in [-0.15, -0.1) is 0 Å². The average molecular weight is 615 g/mol. The highest BCUT2D eigenvalue weighted by atomic mass is 16.6. The van der Waals surface area contributed by atoms with Gasteiger partial charge in [-0.3, -0.25) is 0 Å². The van der Waals surface area contributed by atoms with Gasteiger partial charge in [0.25, 0.3) is 0 Å². The third-order valence-electron chi connectivity index (χ3n) is 6.28. The van der Waals surface area contributed by atoms with E-state index in [1.165, 1.54) is 6.33 Å². The van der Waals surface area contributed by atoms with Gasteiger partial charge in [-0.1, -0.05) is 0 Å². The molecule has 13 heteroatoms. The number of ether oxygens (including phenoxy) is 5. The van der Waals surface area contributed by atoms with Crippen molar-refractivity contribution in [3.05, 3.63) is 36.3 Å². The SMILES string of the molecule is CCOCCOc1ccc(Nc2ncnc3[nH]cc(CN(C)CCCN(C)C(=O)OC(C)(C)C)c23)cc1OCC(=O)OCC. The summed E-state index contributed by atoms with van der Waals surface area (Å²) >= 11 is 0. The normalized spacial score (nSPS) is 11.5. The number of amides is 1. The molecule has 3 aromatic rings. The minimum atomic E-state index is -0.526. The van der Waals surface area contributed by atoms with E-state index in [0.29, 0.717) is 61.6 Å². The minimum absolute atomic E-state index is 0.251. The van der Waals surface area contributed by atoms with Gasteiger partial charge in [0.2, 0.25) is 0 Å². The number of nitrogens with one attached hydrogen (secondary N) is 2. The maximum atomic E-state index is 12.3. The molecule has 0 bridgehead atoms. The molecular formula is C31H46N6O7. The Hall–Kier alpha value is -4.10. The topological polar surface area (TPSA) is 140 Å². The number of anilines is 2. The molecule has 0 aliphatic carbocycles. The average Bonchev–Trinajstić information content (AvgIpc) is 3.37. The summed E-state index contributed by atoms with van der Waals surface area (Å²) in [7, 11) is 3.77. The van der Waals surface area contributed by atoms with Crippen LogP contribution >= 0.6 is 0 Å². The fourth-order valence-electron chi connectivity index (χ4n) is 4.27. The molecule has 0 saturated heterocycles. The lowest BCUT2D eigenvalue weighted by atomic mass is 10.2. The second kappa shape index (κ2) is 16.7. The Morgan fingerprint density at radius 2 is 1.80 bits per heavy atom. The van der Waals surface area contributed by atoms with E-state index in [9.17, 15) is 9.59 Å². The Labute approximate surface area is 259 Å². The fourth-order valence-corrected chi connectivity index (χ4v) is 4.27. The highest BCUT2D eigenvalue weighted by Crippen LogP contribution is 2.33. The predicted molar refractivity (Wildman–Crippen MR) is 168 cm³/mol. The van der Waals surface area contributed by atoms with E-state index in [4.69, 9.17) is 23.7 Å². The van der Waals surface area contributed by atoms with Crippen molar-refractivity contribution < 1.29 is 33.3 Å². The van der Waals surface area contributed by atoms with Gasteiger partial charge >= 0.3 is 12.1 Å². The van der Waals surface area contributed by atoms with Crippen LogP contribution in [0.25, 0.3) is 11.0 Å². The summed E-state index contributed by atoms with van der Waals surface area (Å²) in [5.41, 5.74) is 1.87. The van der Waals surface area contributed by atoms with Crippen molar-refractivity contribution >= 4 is 34.6 Å². The van der Waals surface area contributed by atoms with Crippen molar-refractivity contribution in [2.75, 3.05) is 65.5 Å². The van der Waals surface area contributed by atoms with Crippen LogP contribution in [0.5, 0.6) is 11.5 Å². The molecule has 44 heavy (non-hydrogen) atoms. The third kappa shape index (κ3) is 10.9. The molecule has 0 saturated carbocycles. The zero-order valence-electron chi connectivity index (χ0n) is 26.9. The number of H-pyrrole nitrogens is 1. The number of fused-ring (bicyclic) bond motifs is 1. The molecule has 0 spiro atoms. The molecule has 13 nitrogen and oxygen atoms in total. The van der Waals surface area contributed by atoms with Gasteiger partial charge in [0, 0.05) is 44.7 Å². The monoisotopic (exact) mass is 614 g/mol. The van der Waals surface area contributed by atoms with Crippen LogP contribution in [0.1, 0.15) is 46.6 Å². The second-order valence-corrected chi connectivity index (χ2v) is 11.2. The largest absolute Gasteiger partial charge is 0.487 e. The van der Waals surface area contributed by atoms with Crippen LogP contribution in [0.3, 0.4) is 0 Å². The number of nitrogens with zero attached hydrogens (tertiary/aromatic N) is 4. The molecule has 2 aromatic heterocycles. The van der Waals surface area contributed by atoms with Crippen LogP contribution < -0.4 is 14.8 Å². The van der Waals surface area contributed by atoms with Gasteiger partial charge < -0.3 is 43.8 Å². The van der Waals surface area contributed by atoms with E-state index in [0.717, 1.165) is 23.9 Å². The lowest BCUT2D eigenvalue weighted by Crippen LogP contribution is -2.35. The highest BCUT2D eigenvalue weighted by molar-refractivity contribution is 5.92. The smallest absolute Gasteiger partial charge is 0.410 e. The number of aromatic nitrogens is 3. The molecule has 3 rings (SSSR count). The van der Waals surface area contributed by atoms with Crippen LogP contribution in [0.2, 0.25) is 0 Å². The molecule has 1 amide bonds. The first-order valence-electron chi connectivity index (χ1n) is 14.8. The Morgan fingerprint density at radius 1 is 1.00 bits per heavy atom. The lowest BCUT2D eigenvalue weighted by molar-refractivity contribution is -0.145. The van der Waals surface area contributed by atoms with Crippen molar-refractivity contribution in [2.45, 2.75) is 53.2 Å². The molecule has 0 aliphatic heterocycles. The van der Waals surface area contributed by atoms with E-state index in [2.05, 4.69) is 25.2 Å². The number of hydrogen-bond donors (Lipinski definition) is 2. The Morgan fingerprint density at radius 3 is 2.52 bits per heavy atom. The van der Waals surface area contributed by atoms with Gasteiger partial charge in [0.1, 0.15) is 30.0 Å². The van der Waals surface area contributed by atoms with Gasteiger partial charge in [-0.25, -0.2) is 19.6 Å². The molecule has 0 aliphatic rings. The summed E-state index contributed by atoms with van der Waals surface area (Å²) in [6.07, 6.45) is 3.87. The van der Waals surface area contributed by atoms with Crippen LogP contribution in [0, 0.1) is 0 Å². The van der Waals surface area contributed by atoms with Crippen LogP contribution in [-0.4, -0.2) is 103 Å². The van der Waals surface area contributed by atoms with Crippen LogP contribution in [0.4, 0.5) is 16.3 Å². The first-order chi connectivity index (χ1) is 21.0. The summed E-state index contributed by atoms with van der Waals surface area (Å²) in [6, 6.07) is 5.37. The molecule has 1 aromatic carbocycles. The zero-order valence-corrected chi connectivity index (χ0v) is 26.9. The summed E-state index contributed by atoms with van der Waals surface area (Å²) in [6.45, 7) is 12.6. The third-order valence-corrected chi connectivity index (χ3v) is 6.28. The van der Waals surface area contributed by atoms with E-state index in [1.54, 1.807) is 31.0 Å². The molecular weight excluding hydrogens is 568 g/mol. The number of carbonyl (C=O) groups is 2. The summed E-state index contributed by atoms with van der Waals surface area (Å²) in [5.74, 6) is 1.01. The van der Waals surface area contributed by atoms with E-state index in [1.807, 2.05) is 47.0 Å². The zero-order chi connectivity index (χ0) is 32.1. The lowest BCUT2D eigenvalue weighted by Gasteiger charge is -2.25. The van der Waals surface area contributed by atoms with Crippen molar-refractivity contribution in [1.29, 1.82) is 0 Å². The molecule has 0 fully saturated rings.